The molecule has 0 spiro atoms. The van der Waals surface area contributed by atoms with E-state index in [-0.39, 0.29) is 5.92 Å². The molecule has 3 nitrogen and oxygen atoms in total. The number of hydrogen-bond donors (Lipinski definition) is 1. The number of carbonyl (C=O) groups is 1. The number of carboxylic acids is 1. The first-order valence-electron chi connectivity index (χ1n) is 10.5. The first-order valence-corrected chi connectivity index (χ1v) is 10.5. The van der Waals surface area contributed by atoms with Gasteiger partial charge in [0.15, 0.2) is 0 Å². The molecule has 1 saturated heterocycles. The van der Waals surface area contributed by atoms with Crippen LogP contribution in [0.3, 0.4) is 0 Å². The van der Waals surface area contributed by atoms with Crippen molar-refractivity contribution in [3.63, 3.8) is 0 Å². The zero-order valence-corrected chi connectivity index (χ0v) is 15.9. The van der Waals surface area contributed by atoms with Gasteiger partial charge in [0.05, 0.1) is 5.92 Å². The molecule has 0 radical (unpaired) electrons. The third kappa shape index (κ3) is 2.54. The summed E-state index contributed by atoms with van der Waals surface area (Å²) in [6.45, 7) is 4.15. The molecular formula is C23H31NO2. The fourth-order valence-corrected chi connectivity index (χ4v) is 7.43. The van der Waals surface area contributed by atoms with E-state index in [2.05, 4.69) is 36.1 Å². The Kier molecular flexibility index (Phi) is 3.76. The van der Waals surface area contributed by atoms with E-state index in [9.17, 15) is 9.90 Å². The number of likely N-dealkylation sites (tertiary alicyclic amines) is 1. The maximum Gasteiger partial charge on any atom is 0.306 e. The Labute approximate surface area is 156 Å². The van der Waals surface area contributed by atoms with Crippen LogP contribution in [-0.4, -0.2) is 34.6 Å². The molecule has 4 aliphatic carbocycles. The molecule has 3 heteroatoms. The van der Waals surface area contributed by atoms with Crippen molar-refractivity contribution in [2.75, 3.05) is 13.1 Å². The van der Waals surface area contributed by atoms with Gasteiger partial charge in [-0.1, -0.05) is 29.8 Å². The van der Waals surface area contributed by atoms with Crippen LogP contribution in [0.25, 0.3) is 0 Å². The number of aryl methyl sites for hydroxylation is 1. The molecule has 1 aromatic carbocycles. The predicted octanol–water partition coefficient (Wildman–Crippen LogP) is 4.38. The van der Waals surface area contributed by atoms with Crippen LogP contribution >= 0.6 is 0 Å². The van der Waals surface area contributed by atoms with Crippen LogP contribution in [0.2, 0.25) is 0 Å². The van der Waals surface area contributed by atoms with Crippen molar-refractivity contribution in [1.29, 1.82) is 0 Å². The molecular weight excluding hydrogens is 322 g/mol. The largest absolute Gasteiger partial charge is 0.481 e. The Hall–Kier alpha value is -1.35. The minimum Gasteiger partial charge on any atom is -0.481 e. The zero-order valence-electron chi connectivity index (χ0n) is 15.9. The lowest BCUT2D eigenvalue weighted by atomic mass is 9.45. The molecule has 0 aromatic heterocycles. The summed E-state index contributed by atoms with van der Waals surface area (Å²) in [5.74, 6) is 1.03. The molecule has 6 rings (SSSR count). The second-order valence-electron chi connectivity index (χ2n) is 9.93. The van der Waals surface area contributed by atoms with Gasteiger partial charge in [-0.15, -0.1) is 0 Å². The lowest BCUT2D eigenvalue weighted by Gasteiger charge is -2.66. The zero-order chi connectivity index (χ0) is 17.9. The molecule has 1 aliphatic heterocycles. The number of piperidine rings is 1. The van der Waals surface area contributed by atoms with Gasteiger partial charge in [-0.3, -0.25) is 9.69 Å². The number of hydrogen-bond acceptors (Lipinski definition) is 2. The summed E-state index contributed by atoms with van der Waals surface area (Å²) in [6, 6.07) is 9.37. The molecule has 1 N–H and O–H groups in total. The van der Waals surface area contributed by atoms with E-state index in [0.717, 1.165) is 37.8 Å². The van der Waals surface area contributed by atoms with E-state index in [4.69, 9.17) is 0 Å². The van der Waals surface area contributed by atoms with Crippen molar-refractivity contribution in [2.45, 2.75) is 69.2 Å². The van der Waals surface area contributed by atoms with E-state index in [1.165, 1.54) is 44.1 Å². The van der Waals surface area contributed by atoms with Crippen molar-refractivity contribution in [2.24, 2.45) is 17.8 Å². The predicted molar refractivity (Wildman–Crippen MR) is 102 cm³/mol. The highest BCUT2D eigenvalue weighted by Gasteiger charge is 2.60. The normalized spacial score (nSPS) is 40.0. The summed E-state index contributed by atoms with van der Waals surface area (Å²) in [7, 11) is 0. The van der Waals surface area contributed by atoms with E-state index in [1.807, 2.05) is 0 Å². The van der Waals surface area contributed by atoms with Crippen LogP contribution < -0.4 is 0 Å². The molecule has 26 heavy (non-hydrogen) atoms. The topological polar surface area (TPSA) is 40.5 Å². The van der Waals surface area contributed by atoms with Crippen LogP contribution in [0.1, 0.15) is 62.5 Å². The molecule has 0 amide bonds. The van der Waals surface area contributed by atoms with Gasteiger partial charge in [0.2, 0.25) is 0 Å². The minimum atomic E-state index is -0.591. The fourth-order valence-electron chi connectivity index (χ4n) is 7.43. The number of benzene rings is 1. The smallest absolute Gasteiger partial charge is 0.306 e. The van der Waals surface area contributed by atoms with Crippen molar-refractivity contribution in [3.8, 4) is 0 Å². The third-order valence-electron chi connectivity index (χ3n) is 8.21. The first kappa shape index (κ1) is 16.8. The van der Waals surface area contributed by atoms with Gasteiger partial charge in [-0.05, 0) is 94.2 Å². The molecule has 2 atom stereocenters. The van der Waals surface area contributed by atoms with Crippen molar-refractivity contribution < 1.29 is 9.90 Å². The van der Waals surface area contributed by atoms with Gasteiger partial charge in [0.25, 0.3) is 0 Å². The first-order chi connectivity index (χ1) is 12.5. The van der Waals surface area contributed by atoms with Gasteiger partial charge in [-0.25, -0.2) is 0 Å². The van der Waals surface area contributed by atoms with E-state index in [0.29, 0.717) is 11.0 Å². The maximum atomic E-state index is 11.4. The van der Waals surface area contributed by atoms with E-state index >= 15 is 0 Å². The number of aliphatic carboxylic acids is 1. The second-order valence-corrected chi connectivity index (χ2v) is 9.93. The van der Waals surface area contributed by atoms with Crippen LogP contribution in [0.15, 0.2) is 24.3 Å². The Morgan fingerprint density at radius 1 is 1.04 bits per heavy atom. The number of rotatable bonds is 3. The summed E-state index contributed by atoms with van der Waals surface area (Å²) < 4.78 is 0. The average Bonchev–Trinajstić information content (AvgIpc) is 2.61. The molecule has 2 unspecified atom stereocenters. The third-order valence-corrected chi connectivity index (χ3v) is 8.21. The lowest BCUT2D eigenvalue weighted by Crippen LogP contribution is -2.65. The Morgan fingerprint density at radius 3 is 2.23 bits per heavy atom. The SMILES string of the molecule is Cc1ccc(C23CC4CC(C2)CC(N2CCC(C(=O)O)CC2)(C4)C3)cc1. The lowest BCUT2D eigenvalue weighted by molar-refractivity contribution is -0.147. The molecule has 5 aliphatic rings. The van der Waals surface area contributed by atoms with Crippen molar-refractivity contribution in [3.05, 3.63) is 35.4 Å². The van der Waals surface area contributed by atoms with E-state index in [1.54, 1.807) is 5.56 Å². The van der Waals surface area contributed by atoms with Crippen LogP contribution in [-0.2, 0) is 10.2 Å². The Morgan fingerprint density at radius 2 is 1.65 bits per heavy atom. The molecule has 4 saturated carbocycles. The van der Waals surface area contributed by atoms with Crippen molar-refractivity contribution in [1.82, 2.24) is 4.90 Å². The van der Waals surface area contributed by atoms with Crippen molar-refractivity contribution >= 4 is 5.97 Å². The molecule has 140 valence electrons. The average molecular weight is 354 g/mol. The minimum absolute atomic E-state index is 0.119. The van der Waals surface area contributed by atoms with Crippen LogP contribution in [0.4, 0.5) is 0 Å². The fraction of sp³-hybridized carbons (Fsp3) is 0.696. The summed E-state index contributed by atoms with van der Waals surface area (Å²) in [4.78, 5) is 14.1. The monoisotopic (exact) mass is 353 g/mol. The highest BCUT2D eigenvalue weighted by molar-refractivity contribution is 5.70. The van der Waals surface area contributed by atoms with Crippen LogP contribution in [0, 0.1) is 24.7 Å². The summed E-state index contributed by atoms with van der Waals surface area (Å²) in [5, 5.41) is 9.35. The highest BCUT2D eigenvalue weighted by atomic mass is 16.4. The molecule has 5 fully saturated rings. The summed E-state index contributed by atoms with van der Waals surface area (Å²) in [6.07, 6.45) is 9.87. The van der Waals surface area contributed by atoms with Gasteiger partial charge in [-0.2, -0.15) is 0 Å². The van der Waals surface area contributed by atoms with Gasteiger partial charge >= 0.3 is 5.97 Å². The standard InChI is InChI=1S/C23H31NO2/c1-16-2-4-20(5-3-16)22-11-17-10-18(12-22)14-23(13-17,15-22)24-8-6-19(7-9-24)21(25)26/h2-5,17-19H,6-15H2,1H3,(H,25,26). The molecule has 4 bridgehead atoms. The molecule has 1 heterocycles. The summed E-state index contributed by atoms with van der Waals surface area (Å²) in [5.41, 5.74) is 3.64. The number of carboxylic acid groups (broad SMARTS) is 1. The van der Waals surface area contributed by atoms with Gasteiger partial charge in [0, 0.05) is 5.54 Å². The van der Waals surface area contributed by atoms with E-state index < -0.39 is 5.97 Å². The van der Waals surface area contributed by atoms with Crippen LogP contribution in [0.5, 0.6) is 0 Å². The maximum absolute atomic E-state index is 11.4. The quantitative estimate of drug-likeness (QED) is 0.876. The van der Waals surface area contributed by atoms with Gasteiger partial charge in [0.1, 0.15) is 0 Å². The Bertz CT molecular complexity index is 687. The summed E-state index contributed by atoms with van der Waals surface area (Å²) >= 11 is 0. The Balaban J connectivity index is 1.44. The highest BCUT2D eigenvalue weighted by Crippen LogP contribution is 2.64. The number of nitrogens with zero attached hydrogens (tertiary/aromatic N) is 1. The van der Waals surface area contributed by atoms with Gasteiger partial charge < -0.3 is 5.11 Å². The molecule has 1 aromatic rings. The second kappa shape index (κ2) is 5.82.